The van der Waals surface area contributed by atoms with Crippen LogP contribution in [-0.2, 0) is 9.78 Å². The Labute approximate surface area is 118 Å². The van der Waals surface area contributed by atoms with Gasteiger partial charge in [0.05, 0.1) is 16.8 Å². The highest BCUT2D eigenvalue weighted by molar-refractivity contribution is 5.96. The summed E-state index contributed by atoms with van der Waals surface area (Å²) in [5.74, 6) is -1.61. The van der Waals surface area contributed by atoms with Crippen LogP contribution in [0.3, 0.4) is 0 Å². The number of nitrogen functional groups attached to an aromatic ring is 1. The highest BCUT2D eigenvalue weighted by Crippen LogP contribution is 2.33. The Bertz CT molecular complexity index is 753. The quantitative estimate of drug-likeness (QED) is 0.442. The molecule has 1 aliphatic rings. The van der Waals surface area contributed by atoms with Crippen LogP contribution in [-0.4, -0.2) is 11.9 Å². The lowest BCUT2D eigenvalue weighted by atomic mass is 10.2. The highest BCUT2D eigenvalue weighted by atomic mass is 17.2. The summed E-state index contributed by atoms with van der Waals surface area (Å²) >= 11 is 0. The van der Waals surface area contributed by atoms with Gasteiger partial charge in [-0.3, -0.25) is 0 Å². The van der Waals surface area contributed by atoms with Crippen molar-refractivity contribution in [3.8, 4) is 0 Å². The van der Waals surface area contributed by atoms with Gasteiger partial charge in [0.25, 0.3) is 0 Å². The lowest BCUT2D eigenvalue weighted by Gasteiger charge is -2.04. The largest absolute Gasteiger partial charge is 0.399 e. The molecule has 0 saturated carbocycles. The van der Waals surface area contributed by atoms with Crippen molar-refractivity contribution in [1.29, 1.82) is 0 Å². The van der Waals surface area contributed by atoms with Crippen LogP contribution in [0.25, 0.3) is 0 Å². The van der Waals surface area contributed by atoms with E-state index < -0.39 is 11.9 Å². The van der Waals surface area contributed by atoms with Crippen LogP contribution in [0.15, 0.2) is 52.7 Å². The summed E-state index contributed by atoms with van der Waals surface area (Å²) in [5, 5.41) is 7.58. The normalized spacial score (nSPS) is 11.2. The molecule has 0 saturated heterocycles. The van der Waals surface area contributed by atoms with E-state index in [-0.39, 0.29) is 11.1 Å². The summed E-state index contributed by atoms with van der Waals surface area (Å²) in [6.45, 7) is 0. The molecule has 3 rings (SSSR count). The lowest BCUT2D eigenvalue weighted by molar-refractivity contribution is -0.187. The molecular weight excluding hydrogens is 274 g/mol. The second-order valence-corrected chi connectivity index (χ2v) is 4.27. The summed E-state index contributed by atoms with van der Waals surface area (Å²) in [5.41, 5.74) is 7.44. The second-order valence-electron chi connectivity index (χ2n) is 4.27. The molecule has 0 spiro atoms. The van der Waals surface area contributed by atoms with E-state index in [0.717, 1.165) is 0 Å². The summed E-state index contributed by atoms with van der Waals surface area (Å²) in [6, 6.07) is 10.7. The number of benzene rings is 2. The van der Waals surface area contributed by atoms with Crippen molar-refractivity contribution in [2.75, 3.05) is 5.73 Å². The zero-order chi connectivity index (χ0) is 14.8. The lowest BCUT2D eigenvalue weighted by Crippen LogP contribution is -2.11. The summed E-state index contributed by atoms with van der Waals surface area (Å²) in [6.07, 6.45) is 0. The summed E-state index contributed by atoms with van der Waals surface area (Å²) < 4.78 is 0. The average Bonchev–Trinajstić information content (AvgIpc) is 2.86. The van der Waals surface area contributed by atoms with E-state index in [0.29, 0.717) is 17.1 Å². The van der Waals surface area contributed by atoms with Gasteiger partial charge in [-0.05, 0) is 42.5 Å². The fourth-order valence-electron chi connectivity index (χ4n) is 1.74. The fraction of sp³-hybridized carbons (Fsp3) is 0. The van der Waals surface area contributed by atoms with Gasteiger partial charge < -0.3 is 5.73 Å². The molecule has 2 N–H and O–H groups in total. The predicted molar refractivity (Wildman–Crippen MR) is 72.3 cm³/mol. The van der Waals surface area contributed by atoms with Crippen molar-refractivity contribution >= 4 is 29.0 Å². The van der Waals surface area contributed by atoms with Crippen LogP contribution in [0.1, 0.15) is 20.7 Å². The molecule has 0 fully saturated rings. The molecule has 7 nitrogen and oxygen atoms in total. The molecule has 0 radical (unpaired) electrons. The van der Waals surface area contributed by atoms with Crippen LogP contribution < -0.4 is 5.73 Å². The Morgan fingerprint density at radius 3 is 2.38 bits per heavy atom. The number of nitrogens with two attached hydrogens (primary N) is 1. The van der Waals surface area contributed by atoms with E-state index in [1.165, 1.54) is 30.3 Å². The van der Waals surface area contributed by atoms with E-state index in [1.54, 1.807) is 12.1 Å². The number of rotatable bonds is 2. The number of hydrogen-bond acceptors (Lipinski definition) is 7. The minimum Gasteiger partial charge on any atom is -0.399 e. The third-order valence-electron chi connectivity index (χ3n) is 2.81. The Morgan fingerprint density at radius 1 is 0.905 bits per heavy atom. The molecule has 21 heavy (non-hydrogen) atoms. The maximum atomic E-state index is 11.8. The van der Waals surface area contributed by atoms with Gasteiger partial charge in [0.2, 0.25) is 0 Å². The molecule has 2 aromatic rings. The van der Waals surface area contributed by atoms with Crippen molar-refractivity contribution in [2.45, 2.75) is 0 Å². The van der Waals surface area contributed by atoms with Crippen LogP contribution in [0.2, 0.25) is 0 Å². The number of carbonyl (C=O) groups excluding carboxylic acids is 2. The molecule has 2 bridgehead atoms. The Balaban J connectivity index is 1.65. The third-order valence-corrected chi connectivity index (χ3v) is 2.81. The predicted octanol–water partition coefficient (Wildman–Crippen LogP) is 2.93. The molecule has 0 amide bonds. The zero-order valence-electron chi connectivity index (χ0n) is 10.6. The van der Waals surface area contributed by atoms with Crippen molar-refractivity contribution in [1.82, 2.24) is 0 Å². The third kappa shape index (κ3) is 2.57. The van der Waals surface area contributed by atoms with Gasteiger partial charge in [-0.15, -0.1) is 5.11 Å². The minimum atomic E-state index is -0.818. The molecule has 0 aliphatic carbocycles. The Kier molecular flexibility index (Phi) is 3.07. The van der Waals surface area contributed by atoms with Crippen molar-refractivity contribution in [3.63, 3.8) is 0 Å². The summed E-state index contributed by atoms with van der Waals surface area (Å²) in [4.78, 5) is 32.5. The fourth-order valence-corrected chi connectivity index (χ4v) is 1.74. The smallest absolute Gasteiger partial charge is 0.388 e. The van der Waals surface area contributed by atoms with Crippen LogP contribution in [0.4, 0.5) is 17.1 Å². The van der Waals surface area contributed by atoms with E-state index >= 15 is 0 Å². The first kappa shape index (κ1) is 12.8. The number of azo groups is 1. The van der Waals surface area contributed by atoms with Crippen molar-refractivity contribution < 1.29 is 19.4 Å². The number of hydrogen-bond donors (Lipinski definition) is 1. The van der Waals surface area contributed by atoms with Crippen LogP contribution in [0, 0.1) is 0 Å². The van der Waals surface area contributed by atoms with Crippen LogP contribution in [0.5, 0.6) is 0 Å². The maximum Gasteiger partial charge on any atom is 0.388 e. The zero-order valence-corrected chi connectivity index (χ0v) is 10.6. The Morgan fingerprint density at radius 2 is 1.62 bits per heavy atom. The van der Waals surface area contributed by atoms with E-state index in [1.807, 2.05) is 0 Å². The standard InChI is InChI=1S/C14H9N3O4/c15-9-3-1-8(2-4-9)13(18)20-21-14(19)11-6-5-10-7-12(11)17-16-10/h1-7H,15H2. The minimum absolute atomic E-state index is 0.171. The first-order valence-corrected chi connectivity index (χ1v) is 5.98. The molecule has 1 heterocycles. The van der Waals surface area contributed by atoms with Gasteiger partial charge in [-0.2, -0.15) is 5.11 Å². The molecule has 0 atom stereocenters. The maximum absolute atomic E-state index is 11.8. The number of carbonyl (C=O) groups is 2. The van der Waals surface area contributed by atoms with Gasteiger partial charge in [-0.25, -0.2) is 19.4 Å². The van der Waals surface area contributed by atoms with Gasteiger partial charge in [-0.1, -0.05) is 0 Å². The van der Waals surface area contributed by atoms with Crippen molar-refractivity contribution in [2.24, 2.45) is 10.2 Å². The SMILES string of the molecule is Nc1ccc(C(=O)OOC(=O)c2ccc3cc2N=N3)cc1. The van der Waals surface area contributed by atoms with Crippen molar-refractivity contribution in [3.05, 3.63) is 53.6 Å². The number of nitrogens with zero attached hydrogens (tertiary/aromatic N) is 2. The van der Waals surface area contributed by atoms with E-state index in [4.69, 9.17) is 5.73 Å². The van der Waals surface area contributed by atoms with Gasteiger partial charge in [0.15, 0.2) is 0 Å². The van der Waals surface area contributed by atoms with Gasteiger partial charge >= 0.3 is 11.9 Å². The van der Waals surface area contributed by atoms with Crippen LogP contribution >= 0.6 is 0 Å². The molecule has 0 aromatic heterocycles. The first-order chi connectivity index (χ1) is 10.1. The molecule has 2 aromatic carbocycles. The molecule has 7 heteroatoms. The summed E-state index contributed by atoms with van der Waals surface area (Å²) in [7, 11) is 0. The van der Waals surface area contributed by atoms with E-state index in [9.17, 15) is 9.59 Å². The number of fused-ring (bicyclic) bond motifs is 2. The topological polar surface area (TPSA) is 103 Å². The average molecular weight is 283 g/mol. The molecular formula is C14H9N3O4. The molecule has 1 aliphatic heterocycles. The van der Waals surface area contributed by atoms with Gasteiger partial charge in [0, 0.05) is 5.69 Å². The van der Waals surface area contributed by atoms with Gasteiger partial charge in [0.1, 0.15) is 5.69 Å². The Hall–Kier alpha value is -3.22. The molecule has 0 unspecified atom stereocenters. The first-order valence-electron chi connectivity index (χ1n) is 5.98. The molecule has 104 valence electrons. The monoisotopic (exact) mass is 283 g/mol. The van der Waals surface area contributed by atoms with E-state index in [2.05, 4.69) is 20.0 Å². The second kappa shape index (κ2) is 5.04. The highest BCUT2D eigenvalue weighted by Gasteiger charge is 2.19. The number of anilines is 1.